The van der Waals surface area contributed by atoms with Gasteiger partial charge in [-0.1, -0.05) is 74.5 Å². The van der Waals surface area contributed by atoms with Crippen LogP contribution in [0.5, 0.6) is 0 Å². The van der Waals surface area contributed by atoms with Gasteiger partial charge in [0.25, 0.3) is 0 Å². The molecule has 3 atom stereocenters. The third-order valence-electron chi connectivity index (χ3n) is 5.96. The van der Waals surface area contributed by atoms with Crippen molar-refractivity contribution in [2.75, 3.05) is 0 Å². The average Bonchev–Trinajstić information content (AvgIpc) is 3.47. The third-order valence-corrected chi connectivity index (χ3v) is 5.96. The molecule has 0 aliphatic rings. The lowest BCUT2D eigenvalue weighted by Gasteiger charge is -2.23. The van der Waals surface area contributed by atoms with Crippen LogP contribution in [0.2, 0.25) is 0 Å². The van der Waals surface area contributed by atoms with Crippen molar-refractivity contribution >= 4 is 23.7 Å². The molecule has 2 aromatic carbocycles. The third kappa shape index (κ3) is 9.45. The lowest BCUT2D eigenvalue weighted by atomic mass is 9.98. The summed E-state index contributed by atoms with van der Waals surface area (Å²) in [6, 6.07) is 18.7. The number of furan rings is 1. The first-order valence-corrected chi connectivity index (χ1v) is 12.9. The Morgan fingerprint density at radius 1 is 0.744 bits per heavy atom. The molecule has 3 N–H and O–H groups in total. The summed E-state index contributed by atoms with van der Waals surface area (Å²) in [5, 5.41) is 8.00. The largest absolute Gasteiger partial charge is 0.461 e. The Labute approximate surface area is 228 Å². The van der Waals surface area contributed by atoms with Gasteiger partial charge in [0.1, 0.15) is 18.7 Å². The van der Waals surface area contributed by atoms with Crippen LogP contribution < -0.4 is 16.0 Å². The molecule has 3 aromatic rings. The predicted molar refractivity (Wildman–Crippen MR) is 146 cm³/mol. The standard InChI is InChI=1S/C30H35N3O6/c1-20(2)17-24(27(34)26-15-10-16-38-26)32-28(35)21(3)31-29(36)25(18-22-11-6-4-7-12-22)33-30(37)39-19-23-13-8-5-9-14-23/h4-16,20-21,24-25H,17-19H2,1-3H3,(H,31,36)(H,32,35)(H,33,37)/t21-,24-,25-/m0/s1. The molecule has 9 nitrogen and oxygen atoms in total. The van der Waals surface area contributed by atoms with Crippen molar-refractivity contribution < 1.29 is 28.3 Å². The molecule has 9 heteroatoms. The normalized spacial score (nSPS) is 13.1. The van der Waals surface area contributed by atoms with Crippen molar-refractivity contribution in [3.63, 3.8) is 0 Å². The van der Waals surface area contributed by atoms with Gasteiger partial charge in [0.15, 0.2) is 5.76 Å². The summed E-state index contributed by atoms with van der Waals surface area (Å²) < 4.78 is 10.5. The zero-order valence-corrected chi connectivity index (χ0v) is 22.4. The smallest absolute Gasteiger partial charge is 0.408 e. The van der Waals surface area contributed by atoms with Crippen molar-refractivity contribution in [2.45, 2.75) is 58.3 Å². The Morgan fingerprint density at radius 2 is 1.38 bits per heavy atom. The molecule has 1 aromatic heterocycles. The summed E-state index contributed by atoms with van der Waals surface area (Å²) in [4.78, 5) is 51.6. The summed E-state index contributed by atoms with van der Waals surface area (Å²) in [7, 11) is 0. The number of ketones is 1. The molecule has 0 saturated heterocycles. The Bertz CT molecular complexity index is 1210. The molecule has 0 fully saturated rings. The van der Waals surface area contributed by atoms with E-state index >= 15 is 0 Å². The van der Waals surface area contributed by atoms with Crippen molar-refractivity contribution in [2.24, 2.45) is 5.92 Å². The van der Waals surface area contributed by atoms with Crippen LogP contribution in [-0.2, 0) is 27.4 Å². The van der Waals surface area contributed by atoms with Gasteiger partial charge in [-0.05, 0) is 42.5 Å². The fraction of sp³-hybridized carbons (Fsp3) is 0.333. The highest BCUT2D eigenvalue weighted by molar-refractivity contribution is 6.00. The molecule has 3 amide bonds. The second-order valence-electron chi connectivity index (χ2n) is 9.71. The number of ether oxygens (including phenoxy) is 1. The zero-order valence-electron chi connectivity index (χ0n) is 22.4. The van der Waals surface area contributed by atoms with E-state index in [4.69, 9.17) is 9.15 Å². The van der Waals surface area contributed by atoms with Crippen LogP contribution in [0, 0.1) is 5.92 Å². The SMILES string of the molecule is CC(C)C[C@H](NC(=O)[C@H](C)NC(=O)[C@H](Cc1ccccc1)NC(=O)OCc1ccccc1)C(=O)c1ccco1. The topological polar surface area (TPSA) is 127 Å². The van der Waals surface area contributed by atoms with E-state index in [0.717, 1.165) is 11.1 Å². The molecule has 0 radical (unpaired) electrons. The van der Waals surface area contributed by atoms with Gasteiger partial charge in [-0.15, -0.1) is 0 Å². The van der Waals surface area contributed by atoms with Crippen LogP contribution >= 0.6 is 0 Å². The number of Topliss-reactive ketones (excluding diaryl/α,β-unsaturated/α-hetero) is 1. The summed E-state index contributed by atoms with van der Waals surface area (Å²) in [6.07, 6.45) is 1.23. The summed E-state index contributed by atoms with van der Waals surface area (Å²) in [6.45, 7) is 5.45. The average molecular weight is 534 g/mol. The number of carbonyl (C=O) groups excluding carboxylic acids is 4. The van der Waals surface area contributed by atoms with Crippen LogP contribution in [0.4, 0.5) is 4.79 Å². The second-order valence-corrected chi connectivity index (χ2v) is 9.71. The highest BCUT2D eigenvalue weighted by Crippen LogP contribution is 2.13. The fourth-order valence-corrected chi connectivity index (χ4v) is 3.94. The second kappa shape index (κ2) is 14.5. The maximum absolute atomic E-state index is 13.2. The van der Waals surface area contributed by atoms with Crippen LogP contribution in [0.15, 0.2) is 83.5 Å². The molecule has 0 saturated carbocycles. The maximum Gasteiger partial charge on any atom is 0.408 e. The van der Waals surface area contributed by atoms with Gasteiger partial charge >= 0.3 is 6.09 Å². The van der Waals surface area contributed by atoms with Crippen LogP contribution in [0.3, 0.4) is 0 Å². The Kier molecular flexibility index (Phi) is 10.9. The molecule has 39 heavy (non-hydrogen) atoms. The number of nitrogens with one attached hydrogen (secondary N) is 3. The predicted octanol–water partition coefficient (Wildman–Crippen LogP) is 4.04. The Hall–Kier alpha value is -4.40. The number of hydrogen-bond donors (Lipinski definition) is 3. The number of carbonyl (C=O) groups is 4. The molecule has 0 aliphatic carbocycles. The number of amides is 3. The van der Waals surface area contributed by atoms with Crippen LogP contribution in [-0.4, -0.2) is 41.8 Å². The minimum Gasteiger partial charge on any atom is -0.461 e. The van der Waals surface area contributed by atoms with Crippen molar-refractivity contribution in [3.05, 3.63) is 95.9 Å². The van der Waals surface area contributed by atoms with Crippen molar-refractivity contribution in [1.29, 1.82) is 0 Å². The van der Waals surface area contributed by atoms with E-state index in [0.29, 0.717) is 6.42 Å². The Balaban J connectivity index is 1.64. The van der Waals surface area contributed by atoms with Gasteiger partial charge < -0.3 is 25.1 Å². The van der Waals surface area contributed by atoms with E-state index in [1.165, 1.54) is 13.2 Å². The van der Waals surface area contributed by atoms with E-state index in [-0.39, 0.29) is 30.5 Å². The lowest BCUT2D eigenvalue weighted by molar-refractivity contribution is -0.129. The fourth-order valence-electron chi connectivity index (χ4n) is 3.94. The van der Waals surface area contributed by atoms with E-state index in [1.807, 2.05) is 74.5 Å². The zero-order chi connectivity index (χ0) is 28.2. The molecular formula is C30H35N3O6. The molecule has 1 heterocycles. The van der Waals surface area contributed by atoms with Gasteiger partial charge in [0, 0.05) is 6.42 Å². The summed E-state index contributed by atoms with van der Waals surface area (Å²) >= 11 is 0. The monoisotopic (exact) mass is 533 g/mol. The van der Waals surface area contributed by atoms with Crippen LogP contribution in [0.1, 0.15) is 48.9 Å². The van der Waals surface area contributed by atoms with Gasteiger partial charge in [-0.2, -0.15) is 0 Å². The van der Waals surface area contributed by atoms with Gasteiger partial charge in [-0.25, -0.2) is 4.79 Å². The number of benzene rings is 2. The molecule has 0 aliphatic heterocycles. The molecule has 0 bridgehead atoms. The maximum atomic E-state index is 13.2. The van der Waals surface area contributed by atoms with Gasteiger partial charge in [-0.3, -0.25) is 14.4 Å². The highest BCUT2D eigenvalue weighted by Gasteiger charge is 2.29. The minimum absolute atomic E-state index is 0.0477. The van der Waals surface area contributed by atoms with Gasteiger partial charge in [0.2, 0.25) is 17.6 Å². The first kappa shape index (κ1) is 29.2. The van der Waals surface area contributed by atoms with E-state index in [2.05, 4.69) is 16.0 Å². The van der Waals surface area contributed by atoms with Crippen LogP contribution in [0.25, 0.3) is 0 Å². The number of rotatable bonds is 13. The van der Waals surface area contributed by atoms with E-state index in [9.17, 15) is 19.2 Å². The first-order valence-electron chi connectivity index (χ1n) is 12.9. The van der Waals surface area contributed by atoms with Gasteiger partial charge in [0.05, 0.1) is 12.3 Å². The Morgan fingerprint density at radius 3 is 1.97 bits per heavy atom. The molecule has 3 rings (SSSR count). The molecule has 0 unspecified atom stereocenters. The highest BCUT2D eigenvalue weighted by atomic mass is 16.5. The van der Waals surface area contributed by atoms with E-state index in [1.54, 1.807) is 12.1 Å². The summed E-state index contributed by atoms with van der Waals surface area (Å²) in [5.41, 5.74) is 1.63. The summed E-state index contributed by atoms with van der Waals surface area (Å²) in [5.74, 6) is -1.15. The molecule has 0 spiro atoms. The number of hydrogen-bond acceptors (Lipinski definition) is 6. The first-order chi connectivity index (χ1) is 18.7. The van der Waals surface area contributed by atoms with E-state index < -0.39 is 36.0 Å². The quantitative estimate of drug-likeness (QED) is 0.285. The minimum atomic E-state index is -0.998. The lowest BCUT2D eigenvalue weighted by Crippen LogP contribution is -2.55. The molecular weight excluding hydrogens is 498 g/mol. The number of alkyl carbamates (subject to hydrolysis) is 1. The van der Waals surface area contributed by atoms with Crippen molar-refractivity contribution in [3.8, 4) is 0 Å². The van der Waals surface area contributed by atoms with Crippen molar-refractivity contribution in [1.82, 2.24) is 16.0 Å². The molecule has 206 valence electrons.